The van der Waals surface area contributed by atoms with Gasteiger partial charge in [0.25, 0.3) is 0 Å². The van der Waals surface area contributed by atoms with Crippen molar-refractivity contribution in [3.05, 3.63) is 85.4 Å². The lowest BCUT2D eigenvalue weighted by Crippen LogP contribution is -2.35. The maximum Gasteiger partial charge on any atom is 0.164 e. The van der Waals surface area contributed by atoms with Gasteiger partial charge >= 0.3 is 0 Å². The van der Waals surface area contributed by atoms with E-state index in [-0.39, 0.29) is 6.04 Å². The molecular formula is C29H33N7O. The number of aromatic nitrogens is 4. The van der Waals surface area contributed by atoms with Crippen molar-refractivity contribution in [3.63, 3.8) is 0 Å². The van der Waals surface area contributed by atoms with Crippen LogP contribution in [0.3, 0.4) is 0 Å². The number of nitrogens with two attached hydrogens (primary N) is 1. The van der Waals surface area contributed by atoms with Crippen molar-refractivity contribution in [1.29, 1.82) is 0 Å². The summed E-state index contributed by atoms with van der Waals surface area (Å²) in [6.45, 7) is 6.98. The number of hydrogen-bond acceptors (Lipinski definition) is 7. The van der Waals surface area contributed by atoms with Crippen LogP contribution in [0.1, 0.15) is 18.9 Å². The van der Waals surface area contributed by atoms with Gasteiger partial charge in [-0.3, -0.25) is 0 Å². The molecule has 1 unspecified atom stereocenters. The van der Waals surface area contributed by atoms with Gasteiger partial charge in [0.2, 0.25) is 0 Å². The minimum Gasteiger partial charge on any atom is -0.457 e. The number of para-hydroxylation sites is 1. The zero-order chi connectivity index (χ0) is 25.8. The van der Waals surface area contributed by atoms with Crippen molar-refractivity contribution < 1.29 is 4.74 Å². The standard InChI is InChI=1S/C29H33N7O/c1-21(9-7-17-34(2)3)35-18-8-10-23(19-35)36-29-26(28(30)31-20-32-29)27(33-36)22-13-15-25(16-14-22)37-24-11-5-4-6-12-24/h4-7,9,11-16,20,23H,1,8,10,17-19H2,2-3H3,(H2,30,31,32)/b9-7+. The van der Waals surface area contributed by atoms with E-state index >= 15 is 0 Å². The third-order valence-electron chi connectivity index (χ3n) is 6.55. The van der Waals surface area contributed by atoms with Crippen LogP contribution in [0, 0.1) is 0 Å². The highest BCUT2D eigenvalue weighted by Gasteiger charge is 2.26. The van der Waals surface area contributed by atoms with E-state index in [1.807, 2.05) is 59.3 Å². The number of likely N-dealkylation sites (N-methyl/N-ethyl adjacent to an activating group) is 1. The highest BCUT2D eigenvalue weighted by Crippen LogP contribution is 2.35. The minimum absolute atomic E-state index is 0.152. The average Bonchev–Trinajstić information content (AvgIpc) is 3.31. The summed E-state index contributed by atoms with van der Waals surface area (Å²) in [4.78, 5) is 13.3. The molecule has 4 aromatic rings. The van der Waals surface area contributed by atoms with Crippen LogP contribution in [-0.2, 0) is 0 Å². The van der Waals surface area contributed by atoms with Crippen molar-refractivity contribution in [2.45, 2.75) is 18.9 Å². The van der Waals surface area contributed by atoms with E-state index in [2.05, 4.69) is 52.6 Å². The summed E-state index contributed by atoms with van der Waals surface area (Å²) in [6.07, 6.45) is 7.82. The molecule has 3 heterocycles. The summed E-state index contributed by atoms with van der Waals surface area (Å²) >= 11 is 0. The van der Waals surface area contributed by atoms with Gasteiger partial charge in [0.05, 0.1) is 11.4 Å². The number of nitrogen functional groups attached to an aromatic ring is 1. The van der Waals surface area contributed by atoms with Gasteiger partial charge in [0.1, 0.15) is 29.3 Å². The molecule has 1 fully saturated rings. The number of rotatable bonds is 8. The molecule has 0 amide bonds. The molecule has 0 radical (unpaired) electrons. The lowest BCUT2D eigenvalue weighted by molar-refractivity contribution is 0.218. The predicted octanol–water partition coefficient (Wildman–Crippen LogP) is 5.14. The monoisotopic (exact) mass is 495 g/mol. The van der Waals surface area contributed by atoms with E-state index in [1.165, 1.54) is 6.33 Å². The first-order chi connectivity index (χ1) is 18.0. The molecule has 2 aromatic carbocycles. The molecule has 2 N–H and O–H groups in total. The largest absolute Gasteiger partial charge is 0.457 e. The Bertz CT molecular complexity index is 1390. The van der Waals surface area contributed by atoms with Crippen LogP contribution >= 0.6 is 0 Å². The molecule has 1 aliphatic heterocycles. The Morgan fingerprint density at radius 3 is 2.62 bits per heavy atom. The van der Waals surface area contributed by atoms with E-state index in [4.69, 9.17) is 15.6 Å². The maximum atomic E-state index is 6.36. The second kappa shape index (κ2) is 10.8. The van der Waals surface area contributed by atoms with Crippen molar-refractivity contribution in [2.75, 3.05) is 39.5 Å². The van der Waals surface area contributed by atoms with Gasteiger partial charge in [-0.25, -0.2) is 14.6 Å². The summed E-state index contributed by atoms with van der Waals surface area (Å²) < 4.78 is 7.99. The van der Waals surface area contributed by atoms with Gasteiger partial charge in [-0.2, -0.15) is 5.10 Å². The predicted molar refractivity (Wildman–Crippen MR) is 148 cm³/mol. The lowest BCUT2D eigenvalue weighted by Gasteiger charge is -2.34. The molecule has 0 saturated carbocycles. The Balaban J connectivity index is 1.42. The fourth-order valence-corrected chi connectivity index (χ4v) is 4.68. The molecule has 2 aromatic heterocycles. The van der Waals surface area contributed by atoms with E-state index in [9.17, 15) is 0 Å². The molecule has 8 heteroatoms. The summed E-state index contributed by atoms with van der Waals surface area (Å²) in [6, 6.07) is 17.8. The third kappa shape index (κ3) is 5.49. The van der Waals surface area contributed by atoms with Crippen LogP contribution in [0.15, 0.2) is 85.4 Å². The van der Waals surface area contributed by atoms with Crippen molar-refractivity contribution in [1.82, 2.24) is 29.5 Å². The first-order valence-corrected chi connectivity index (χ1v) is 12.6. The van der Waals surface area contributed by atoms with E-state index in [0.717, 1.165) is 72.0 Å². The maximum absolute atomic E-state index is 6.36. The van der Waals surface area contributed by atoms with Gasteiger partial charge in [0.15, 0.2) is 5.65 Å². The number of hydrogen-bond donors (Lipinski definition) is 1. The van der Waals surface area contributed by atoms with Crippen molar-refractivity contribution in [3.8, 4) is 22.8 Å². The Morgan fingerprint density at radius 2 is 1.86 bits per heavy atom. The highest BCUT2D eigenvalue weighted by molar-refractivity contribution is 5.98. The fraction of sp³-hybridized carbons (Fsp3) is 0.276. The molecule has 0 aliphatic carbocycles. The molecule has 0 spiro atoms. The molecule has 0 bridgehead atoms. The molecule has 190 valence electrons. The van der Waals surface area contributed by atoms with Gasteiger partial charge in [-0.1, -0.05) is 30.9 Å². The third-order valence-corrected chi connectivity index (χ3v) is 6.55. The second-order valence-corrected chi connectivity index (χ2v) is 9.59. The topological polar surface area (TPSA) is 85.3 Å². The number of benzene rings is 2. The summed E-state index contributed by atoms with van der Waals surface area (Å²) in [7, 11) is 4.11. The Kier molecular flexibility index (Phi) is 7.18. The van der Waals surface area contributed by atoms with Gasteiger partial charge in [-0.05, 0) is 69.4 Å². The minimum atomic E-state index is 0.152. The van der Waals surface area contributed by atoms with Crippen molar-refractivity contribution in [2.24, 2.45) is 0 Å². The number of allylic oxidation sites excluding steroid dienone is 1. The Labute approximate surface area is 217 Å². The zero-order valence-corrected chi connectivity index (χ0v) is 21.4. The smallest absolute Gasteiger partial charge is 0.164 e. The van der Waals surface area contributed by atoms with Crippen LogP contribution in [0.2, 0.25) is 0 Å². The first kappa shape index (κ1) is 24.5. The van der Waals surface area contributed by atoms with Gasteiger partial charge < -0.3 is 20.3 Å². The molecular weight excluding hydrogens is 462 g/mol. The Hall–Kier alpha value is -4.17. The normalized spacial score (nSPS) is 16.1. The van der Waals surface area contributed by atoms with E-state index in [0.29, 0.717) is 5.82 Å². The summed E-state index contributed by atoms with van der Waals surface area (Å²) in [5, 5.41) is 5.83. The SMILES string of the molecule is C=C(/C=C/CN(C)C)N1CCCC(n2nc(-c3ccc(Oc4ccccc4)cc3)c3c(N)ncnc32)C1. The number of fused-ring (bicyclic) bond motifs is 1. The van der Waals surface area contributed by atoms with Gasteiger partial charge in [0, 0.05) is 30.9 Å². The van der Waals surface area contributed by atoms with Crippen LogP contribution < -0.4 is 10.5 Å². The number of piperidine rings is 1. The Morgan fingerprint density at radius 1 is 1.11 bits per heavy atom. The molecule has 1 atom stereocenters. The lowest BCUT2D eigenvalue weighted by atomic mass is 10.1. The summed E-state index contributed by atoms with van der Waals surface area (Å²) in [5.41, 5.74) is 9.85. The number of anilines is 1. The van der Waals surface area contributed by atoms with Crippen LogP contribution in [-0.4, -0.2) is 63.3 Å². The number of ether oxygens (including phenoxy) is 1. The van der Waals surface area contributed by atoms with Gasteiger partial charge in [-0.15, -0.1) is 0 Å². The molecule has 8 nitrogen and oxygen atoms in total. The quantitative estimate of drug-likeness (QED) is 0.339. The van der Waals surface area contributed by atoms with Crippen LogP contribution in [0.5, 0.6) is 11.5 Å². The summed E-state index contributed by atoms with van der Waals surface area (Å²) in [5.74, 6) is 1.98. The first-order valence-electron chi connectivity index (χ1n) is 12.6. The van der Waals surface area contributed by atoms with E-state index < -0.39 is 0 Å². The number of nitrogens with zero attached hydrogens (tertiary/aromatic N) is 6. The second-order valence-electron chi connectivity index (χ2n) is 9.59. The van der Waals surface area contributed by atoms with Crippen molar-refractivity contribution >= 4 is 16.9 Å². The molecule has 1 aliphatic rings. The van der Waals surface area contributed by atoms with Crippen LogP contribution in [0.4, 0.5) is 5.82 Å². The van der Waals surface area contributed by atoms with Crippen LogP contribution in [0.25, 0.3) is 22.3 Å². The number of likely N-dealkylation sites (tertiary alicyclic amines) is 1. The highest BCUT2D eigenvalue weighted by atomic mass is 16.5. The fourth-order valence-electron chi connectivity index (χ4n) is 4.68. The average molecular weight is 496 g/mol. The van der Waals surface area contributed by atoms with E-state index in [1.54, 1.807) is 0 Å². The zero-order valence-electron chi connectivity index (χ0n) is 21.4. The molecule has 1 saturated heterocycles. The molecule has 37 heavy (non-hydrogen) atoms. The molecule has 5 rings (SSSR count).